The zero-order valence-corrected chi connectivity index (χ0v) is 17.5. The molecule has 7 nitrogen and oxygen atoms in total. The number of fused-ring (bicyclic) bond motifs is 1. The molecule has 1 heterocycles. The van der Waals surface area contributed by atoms with Crippen molar-refractivity contribution < 1.29 is 27.1 Å². The Morgan fingerprint density at radius 3 is 2.43 bits per heavy atom. The number of alkyl carbamates (subject to hydrolysis) is 1. The third kappa shape index (κ3) is 4.35. The maximum Gasteiger partial charge on any atom is 0.407 e. The lowest BCUT2D eigenvalue weighted by molar-refractivity contribution is 0.0522. The lowest BCUT2D eigenvalue weighted by atomic mass is 10.1. The maximum absolute atomic E-state index is 14.1. The monoisotopic (exact) mass is 432 g/mol. The van der Waals surface area contributed by atoms with Crippen LogP contribution in [0.2, 0.25) is 0 Å². The molecule has 0 aliphatic carbocycles. The third-order valence-corrected chi connectivity index (χ3v) is 5.95. The molecule has 0 saturated carbocycles. The van der Waals surface area contributed by atoms with Gasteiger partial charge < -0.3 is 10.1 Å². The number of ether oxygens (including phenoxy) is 1. The van der Waals surface area contributed by atoms with E-state index in [1.807, 2.05) is 0 Å². The molecule has 1 N–H and O–H groups in total. The standard InChI is InChI=1S/C21H21FN2O5S/c1-21(2,3)29-20(26)23-12-16-9-14-10-18(22)15(13-25)11-19(14)24(16)30(27,28)17-7-5-4-6-8-17/h4-11,13H,12H2,1-3H3,(H,23,26). The highest BCUT2D eigenvalue weighted by Crippen LogP contribution is 2.28. The molecule has 0 spiro atoms. The molecule has 3 aromatic rings. The zero-order chi connectivity index (χ0) is 22.1. The molecule has 3 rings (SSSR count). The highest BCUT2D eigenvalue weighted by molar-refractivity contribution is 7.90. The van der Waals surface area contributed by atoms with Gasteiger partial charge in [-0.3, -0.25) is 4.79 Å². The van der Waals surface area contributed by atoms with E-state index in [2.05, 4.69) is 5.32 Å². The molecule has 0 fully saturated rings. The molecule has 0 bridgehead atoms. The Morgan fingerprint density at radius 2 is 1.83 bits per heavy atom. The number of rotatable bonds is 5. The number of hydrogen-bond acceptors (Lipinski definition) is 5. The summed E-state index contributed by atoms with van der Waals surface area (Å²) in [6.07, 6.45) is -0.406. The van der Waals surface area contributed by atoms with Crippen LogP contribution in [0.3, 0.4) is 0 Å². The molecule has 9 heteroatoms. The first-order chi connectivity index (χ1) is 14.0. The number of aromatic nitrogens is 1. The largest absolute Gasteiger partial charge is 0.444 e. The molecule has 158 valence electrons. The van der Waals surface area contributed by atoms with Gasteiger partial charge in [0.15, 0.2) is 6.29 Å². The van der Waals surface area contributed by atoms with Crippen molar-refractivity contribution in [3.05, 3.63) is 65.6 Å². The average Bonchev–Trinajstić information content (AvgIpc) is 3.02. The van der Waals surface area contributed by atoms with Gasteiger partial charge in [0.1, 0.15) is 11.4 Å². The molecular weight excluding hydrogens is 411 g/mol. The summed E-state index contributed by atoms with van der Waals surface area (Å²) >= 11 is 0. The predicted molar refractivity (Wildman–Crippen MR) is 109 cm³/mol. The van der Waals surface area contributed by atoms with E-state index in [1.54, 1.807) is 39.0 Å². The van der Waals surface area contributed by atoms with Crippen molar-refractivity contribution in [1.82, 2.24) is 9.29 Å². The fourth-order valence-electron chi connectivity index (χ4n) is 2.95. The van der Waals surface area contributed by atoms with Crippen molar-refractivity contribution in [3.8, 4) is 0 Å². The number of benzene rings is 2. The van der Waals surface area contributed by atoms with Gasteiger partial charge in [0.05, 0.1) is 28.2 Å². The van der Waals surface area contributed by atoms with Gasteiger partial charge in [-0.25, -0.2) is 21.6 Å². The zero-order valence-electron chi connectivity index (χ0n) is 16.7. The van der Waals surface area contributed by atoms with E-state index in [9.17, 15) is 22.4 Å². The first-order valence-corrected chi connectivity index (χ1v) is 10.5. The highest BCUT2D eigenvalue weighted by Gasteiger charge is 2.25. The quantitative estimate of drug-likeness (QED) is 0.618. The van der Waals surface area contributed by atoms with Crippen molar-refractivity contribution in [2.45, 2.75) is 37.8 Å². The fraction of sp³-hybridized carbons (Fsp3) is 0.238. The topological polar surface area (TPSA) is 94.5 Å². The summed E-state index contributed by atoms with van der Waals surface area (Å²) in [4.78, 5) is 23.2. The van der Waals surface area contributed by atoms with Crippen LogP contribution in [0.5, 0.6) is 0 Å². The van der Waals surface area contributed by atoms with Gasteiger partial charge in [0.25, 0.3) is 10.0 Å². The summed E-state index contributed by atoms with van der Waals surface area (Å²) in [5, 5.41) is 2.79. The molecule has 0 unspecified atom stereocenters. The van der Waals surface area contributed by atoms with Crippen LogP contribution >= 0.6 is 0 Å². The minimum Gasteiger partial charge on any atom is -0.444 e. The number of amides is 1. The van der Waals surface area contributed by atoms with Crippen LogP contribution < -0.4 is 5.32 Å². The van der Waals surface area contributed by atoms with Crippen LogP contribution in [0.1, 0.15) is 36.8 Å². The Bertz CT molecular complexity index is 1210. The first-order valence-electron chi connectivity index (χ1n) is 9.09. The van der Waals surface area contributed by atoms with Crippen LogP contribution in [0.25, 0.3) is 10.9 Å². The van der Waals surface area contributed by atoms with E-state index in [1.165, 1.54) is 24.3 Å². The molecule has 0 radical (unpaired) electrons. The molecule has 1 aromatic heterocycles. The Hall–Kier alpha value is -3.20. The summed E-state index contributed by atoms with van der Waals surface area (Å²) in [5.74, 6) is -0.765. The predicted octanol–water partition coefficient (Wildman–Crippen LogP) is 3.85. The summed E-state index contributed by atoms with van der Waals surface area (Å²) in [6.45, 7) is 4.92. The van der Waals surface area contributed by atoms with Gasteiger partial charge in [-0.1, -0.05) is 18.2 Å². The summed E-state index contributed by atoms with van der Waals surface area (Å²) < 4.78 is 46.9. The van der Waals surface area contributed by atoms with Gasteiger partial charge in [-0.05, 0) is 51.1 Å². The molecule has 0 aliphatic heterocycles. The van der Waals surface area contributed by atoms with Crippen LogP contribution in [0.15, 0.2) is 53.4 Å². The number of nitrogens with one attached hydrogen (secondary N) is 1. The second-order valence-electron chi connectivity index (χ2n) is 7.62. The lowest BCUT2D eigenvalue weighted by Crippen LogP contribution is -2.33. The number of aldehydes is 1. The van der Waals surface area contributed by atoms with E-state index < -0.39 is 27.5 Å². The van der Waals surface area contributed by atoms with Gasteiger partial charge in [0, 0.05) is 5.39 Å². The normalized spacial score (nSPS) is 12.0. The van der Waals surface area contributed by atoms with E-state index in [-0.39, 0.29) is 33.6 Å². The Balaban J connectivity index is 2.13. The molecule has 30 heavy (non-hydrogen) atoms. The number of carbonyl (C=O) groups is 2. The number of nitrogens with zero attached hydrogens (tertiary/aromatic N) is 1. The third-order valence-electron chi connectivity index (χ3n) is 4.17. The van der Waals surface area contributed by atoms with Crippen molar-refractivity contribution >= 4 is 33.3 Å². The van der Waals surface area contributed by atoms with Crippen molar-refractivity contribution in [2.24, 2.45) is 0 Å². The SMILES string of the molecule is CC(C)(C)OC(=O)NCc1cc2cc(F)c(C=O)cc2n1S(=O)(=O)c1ccccc1. The van der Waals surface area contributed by atoms with Crippen molar-refractivity contribution in [3.63, 3.8) is 0 Å². The second kappa shape index (κ2) is 7.91. The smallest absolute Gasteiger partial charge is 0.407 e. The fourth-order valence-corrected chi connectivity index (χ4v) is 4.50. The van der Waals surface area contributed by atoms with Gasteiger partial charge in [-0.2, -0.15) is 0 Å². The average molecular weight is 432 g/mol. The second-order valence-corrected chi connectivity index (χ2v) is 9.41. The summed E-state index contributed by atoms with van der Waals surface area (Å²) in [5.41, 5.74) is -0.684. The Morgan fingerprint density at radius 1 is 1.17 bits per heavy atom. The van der Waals surface area contributed by atoms with E-state index in [0.717, 1.165) is 10.0 Å². The molecule has 0 saturated heterocycles. The summed E-state index contributed by atoms with van der Waals surface area (Å²) in [6, 6.07) is 11.4. The van der Waals surface area contributed by atoms with E-state index >= 15 is 0 Å². The van der Waals surface area contributed by atoms with Gasteiger partial charge >= 0.3 is 6.09 Å². The maximum atomic E-state index is 14.1. The van der Waals surface area contributed by atoms with Crippen molar-refractivity contribution in [1.29, 1.82) is 0 Å². The number of halogens is 1. The molecule has 2 aromatic carbocycles. The van der Waals surface area contributed by atoms with Crippen LogP contribution in [-0.4, -0.2) is 30.4 Å². The Kier molecular flexibility index (Phi) is 5.67. The van der Waals surface area contributed by atoms with E-state index in [0.29, 0.717) is 6.29 Å². The van der Waals surface area contributed by atoms with Crippen LogP contribution in [0.4, 0.5) is 9.18 Å². The molecular formula is C21H21FN2O5S. The molecule has 0 atom stereocenters. The van der Waals surface area contributed by atoms with Gasteiger partial charge in [0.2, 0.25) is 0 Å². The lowest BCUT2D eigenvalue weighted by Gasteiger charge is -2.20. The molecule has 1 amide bonds. The highest BCUT2D eigenvalue weighted by atomic mass is 32.2. The molecule has 0 aliphatic rings. The van der Waals surface area contributed by atoms with Crippen molar-refractivity contribution in [2.75, 3.05) is 0 Å². The van der Waals surface area contributed by atoms with Crippen LogP contribution in [0, 0.1) is 5.82 Å². The Labute approximate surface area is 173 Å². The minimum absolute atomic E-state index is 0.0120. The van der Waals surface area contributed by atoms with E-state index in [4.69, 9.17) is 4.74 Å². The number of carbonyl (C=O) groups excluding carboxylic acids is 2. The van der Waals surface area contributed by atoms with Gasteiger partial charge in [-0.15, -0.1) is 0 Å². The van der Waals surface area contributed by atoms with Crippen LogP contribution in [-0.2, 0) is 21.3 Å². The number of hydrogen-bond donors (Lipinski definition) is 1. The summed E-state index contributed by atoms with van der Waals surface area (Å²) in [7, 11) is -4.09. The first kappa shape index (κ1) is 21.5. The minimum atomic E-state index is -4.09.